The van der Waals surface area contributed by atoms with Crippen molar-refractivity contribution in [3.05, 3.63) is 40.6 Å². The third-order valence-corrected chi connectivity index (χ3v) is 6.79. The fraction of sp³-hybridized carbons (Fsp3) is 0.278. The molecule has 0 aliphatic carbocycles. The SMILES string of the molecule is Nc1ncnc2c1ncn2[C@@H]1O[C@H](COP(=O)(O)Oc2c[nH]c3ccc(I)cc23)[C@@H](O)[C@H]1O. The summed E-state index contributed by atoms with van der Waals surface area (Å²) in [5.41, 5.74) is 7.11. The van der Waals surface area contributed by atoms with Gasteiger partial charge in [0.1, 0.15) is 30.2 Å². The molecule has 5 rings (SSSR count). The van der Waals surface area contributed by atoms with E-state index in [1.54, 1.807) is 6.07 Å². The van der Waals surface area contributed by atoms with Gasteiger partial charge in [-0.25, -0.2) is 19.5 Å². The van der Waals surface area contributed by atoms with Crippen LogP contribution in [0, 0.1) is 3.57 Å². The van der Waals surface area contributed by atoms with Crippen molar-refractivity contribution in [2.45, 2.75) is 24.5 Å². The Morgan fingerprint density at radius 3 is 2.91 bits per heavy atom. The predicted octanol–water partition coefficient (Wildman–Crippen LogP) is 1.31. The lowest BCUT2D eigenvalue weighted by Crippen LogP contribution is -2.33. The first-order valence-corrected chi connectivity index (χ1v) is 12.2. The lowest BCUT2D eigenvalue weighted by atomic mass is 10.1. The Bertz CT molecular complexity index is 1380. The summed E-state index contributed by atoms with van der Waals surface area (Å²) in [6.45, 7) is -0.522. The summed E-state index contributed by atoms with van der Waals surface area (Å²) in [6, 6.07) is 5.48. The largest absolute Gasteiger partial charge is 0.527 e. The van der Waals surface area contributed by atoms with Crippen LogP contribution in [0.1, 0.15) is 6.23 Å². The maximum Gasteiger partial charge on any atom is 0.527 e. The number of aromatic nitrogens is 5. The van der Waals surface area contributed by atoms with Crippen LogP contribution in [0.2, 0.25) is 0 Å². The van der Waals surface area contributed by atoms with Crippen molar-refractivity contribution in [2.75, 3.05) is 12.3 Å². The van der Waals surface area contributed by atoms with Crippen LogP contribution < -0.4 is 10.3 Å². The number of aromatic amines is 1. The highest BCUT2D eigenvalue weighted by Crippen LogP contribution is 2.47. The molecule has 1 unspecified atom stereocenters. The predicted molar refractivity (Wildman–Crippen MR) is 123 cm³/mol. The van der Waals surface area contributed by atoms with Crippen molar-refractivity contribution in [3.63, 3.8) is 0 Å². The number of nitrogens with two attached hydrogens (primary N) is 1. The summed E-state index contributed by atoms with van der Waals surface area (Å²) in [5, 5.41) is 21.5. The monoisotopic (exact) mass is 588 g/mol. The minimum Gasteiger partial charge on any atom is -0.402 e. The number of aliphatic hydroxyl groups excluding tert-OH is 2. The van der Waals surface area contributed by atoms with Crippen LogP contribution in [0.15, 0.2) is 37.1 Å². The maximum absolute atomic E-state index is 12.5. The summed E-state index contributed by atoms with van der Waals surface area (Å²) in [4.78, 5) is 25.2. The van der Waals surface area contributed by atoms with Gasteiger partial charge >= 0.3 is 7.82 Å². The number of nitrogen functional groups attached to an aromatic ring is 1. The number of imidazole rings is 1. The number of halogens is 1. The van der Waals surface area contributed by atoms with Crippen LogP contribution in [0.5, 0.6) is 5.75 Å². The van der Waals surface area contributed by atoms with Gasteiger partial charge in [0, 0.05) is 20.7 Å². The summed E-state index contributed by atoms with van der Waals surface area (Å²) in [5.74, 6) is 0.291. The molecule has 0 saturated carbocycles. The molecule has 1 fully saturated rings. The molecule has 1 aliphatic rings. The summed E-state index contributed by atoms with van der Waals surface area (Å²) in [6.07, 6.45) is -0.983. The van der Waals surface area contributed by atoms with E-state index >= 15 is 0 Å². The summed E-state index contributed by atoms with van der Waals surface area (Å²) >= 11 is 2.12. The van der Waals surface area contributed by atoms with Crippen LogP contribution in [0.25, 0.3) is 22.1 Å². The number of nitrogens with one attached hydrogen (secondary N) is 1. The molecule has 0 spiro atoms. The van der Waals surface area contributed by atoms with Gasteiger partial charge in [-0.3, -0.25) is 14.0 Å². The second-order valence-electron chi connectivity index (χ2n) is 7.33. The van der Waals surface area contributed by atoms with Crippen LogP contribution >= 0.6 is 30.4 Å². The standard InChI is InChI=1S/C18H18IN6O7P/c19-8-1-2-10-9(3-8)11(4-21-10)32-33(28,29)30-5-12-14(26)15(27)18(31-12)25-7-24-13-16(20)22-6-23-17(13)25/h1-4,6-7,12,14-15,18,21,26-27H,5H2,(H,28,29)(H2,20,22,23)/t12-,14-,15-,18-/m1/s1. The van der Waals surface area contributed by atoms with Crippen molar-refractivity contribution < 1.29 is 33.5 Å². The number of H-pyrrole nitrogens is 1. The van der Waals surface area contributed by atoms with E-state index < -0.39 is 39.0 Å². The lowest BCUT2D eigenvalue weighted by Gasteiger charge is -2.17. The number of phosphoric ester groups is 1. The molecule has 1 saturated heterocycles. The van der Waals surface area contributed by atoms with Crippen molar-refractivity contribution in [1.29, 1.82) is 0 Å². The second-order valence-corrected chi connectivity index (χ2v) is 9.95. The summed E-state index contributed by atoms with van der Waals surface area (Å²) < 4.78 is 30.8. The zero-order chi connectivity index (χ0) is 23.3. The van der Waals surface area contributed by atoms with E-state index in [4.69, 9.17) is 19.5 Å². The number of phosphoric acid groups is 1. The van der Waals surface area contributed by atoms with E-state index in [0.29, 0.717) is 16.6 Å². The molecule has 0 amide bonds. The number of aliphatic hydroxyl groups is 2. The Labute approximate surface area is 199 Å². The van der Waals surface area contributed by atoms with E-state index in [9.17, 15) is 19.7 Å². The average Bonchev–Trinajstić information content (AvgIpc) is 3.45. The smallest absolute Gasteiger partial charge is 0.402 e. The molecule has 33 heavy (non-hydrogen) atoms. The molecular formula is C18H18IN6O7P. The highest BCUT2D eigenvalue weighted by Gasteiger charge is 2.45. The Morgan fingerprint density at radius 2 is 2.09 bits per heavy atom. The highest BCUT2D eigenvalue weighted by molar-refractivity contribution is 14.1. The molecule has 0 bridgehead atoms. The van der Waals surface area contributed by atoms with Gasteiger partial charge in [0.25, 0.3) is 0 Å². The van der Waals surface area contributed by atoms with Crippen molar-refractivity contribution in [3.8, 4) is 5.75 Å². The molecule has 4 aromatic rings. The fourth-order valence-electron chi connectivity index (χ4n) is 3.61. The molecule has 15 heteroatoms. The Kier molecular flexibility index (Phi) is 5.76. The first-order chi connectivity index (χ1) is 15.7. The van der Waals surface area contributed by atoms with Crippen LogP contribution in [-0.2, 0) is 13.8 Å². The van der Waals surface area contributed by atoms with E-state index in [-0.39, 0.29) is 11.6 Å². The molecule has 6 N–H and O–H groups in total. The normalized spacial score (nSPS) is 25.0. The first-order valence-electron chi connectivity index (χ1n) is 9.62. The topological polar surface area (TPSA) is 191 Å². The molecule has 0 radical (unpaired) electrons. The number of rotatable bonds is 6. The van der Waals surface area contributed by atoms with Gasteiger partial charge < -0.3 is 30.2 Å². The molecule has 13 nitrogen and oxygen atoms in total. The first kappa shape index (κ1) is 22.5. The number of ether oxygens (including phenoxy) is 1. The van der Waals surface area contributed by atoms with Gasteiger partial charge in [0.15, 0.2) is 23.4 Å². The molecule has 3 aromatic heterocycles. The lowest BCUT2D eigenvalue weighted by molar-refractivity contribution is -0.0501. The zero-order valence-electron chi connectivity index (χ0n) is 16.6. The van der Waals surface area contributed by atoms with E-state index in [0.717, 1.165) is 9.09 Å². The number of hydrogen-bond acceptors (Lipinski definition) is 10. The summed E-state index contributed by atoms with van der Waals surface area (Å²) in [7, 11) is -4.58. The van der Waals surface area contributed by atoms with E-state index in [2.05, 4.69) is 42.5 Å². The molecular weight excluding hydrogens is 570 g/mol. The third kappa shape index (κ3) is 4.19. The van der Waals surface area contributed by atoms with Crippen molar-refractivity contribution in [1.82, 2.24) is 24.5 Å². The molecule has 4 heterocycles. The van der Waals surface area contributed by atoms with Gasteiger partial charge in [0.05, 0.1) is 12.9 Å². The van der Waals surface area contributed by atoms with Gasteiger partial charge in [-0.05, 0) is 40.8 Å². The molecule has 1 aliphatic heterocycles. The Hall–Kier alpha value is -2.33. The number of anilines is 1. The molecule has 1 aromatic carbocycles. The fourth-order valence-corrected chi connectivity index (χ4v) is 4.89. The van der Waals surface area contributed by atoms with Crippen molar-refractivity contribution in [2.24, 2.45) is 0 Å². The van der Waals surface area contributed by atoms with Gasteiger partial charge in [-0.1, -0.05) is 0 Å². The minimum absolute atomic E-state index is 0.141. The van der Waals surface area contributed by atoms with Crippen LogP contribution in [-0.4, -0.2) is 64.5 Å². The maximum atomic E-state index is 12.5. The molecule has 174 valence electrons. The number of nitrogens with zero attached hydrogens (tertiary/aromatic N) is 4. The van der Waals surface area contributed by atoms with E-state index in [1.807, 2.05) is 12.1 Å². The molecule has 5 atom stereocenters. The third-order valence-electron chi connectivity index (χ3n) is 5.22. The van der Waals surface area contributed by atoms with E-state index in [1.165, 1.54) is 23.4 Å². The van der Waals surface area contributed by atoms with Crippen LogP contribution in [0.4, 0.5) is 5.82 Å². The minimum atomic E-state index is -4.58. The Balaban J connectivity index is 1.29. The number of benzene rings is 1. The number of hydrogen-bond donors (Lipinski definition) is 5. The highest BCUT2D eigenvalue weighted by atomic mass is 127. The van der Waals surface area contributed by atoms with Gasteiger partial charge in [-0.2, -0.15) is 0 Å². The van der Waals surface area contributed by atoms with Crippen LogP contribution in [0.3, 0.4) is 0 Å². The Morgan fingerprint density at radius 1 is 1.27 bits per heavy atom. The number of fused-ring (bicyclic) bond motifs is 2. The average molecular weight is 588 g/mol. The van der Waals surface area contributed by atoms with Gasteiger partial charge in [-0.15, -0.1) is 0 Å². The van der Waals surface area contributed by atoms with Crippen molar-refractivity contribution >= 4 is 58.3 Å². The second kappa shape index (κ2) is 8.47. The zero-order valence-corrected chi connectivity index (χ0v) is 19.7. The van der Waals surface area contributed by atoms with Gasteiger partial charge in [0.2, 0.25) is 0 Å². The quantitative estimate of drug-likeness (QED) is 0.161.